The molecular formula is C17H24N4O3. The molecule has 7 nitrogen and oxygen atoms in total. The largest absolute Gasteiger partial charge is 0.444 e. The van der Waals surface area contributed by atoms with E-state index in [1.807, 2.05) is 11.1 Å². The number of amides is 2. The van der Waals surface area contributed by atoms with Gasteiger partial charge < -0.3 is 14.2 Å². The highest BCUT2D eigenvalue weighted by molar-refractivity contribution is 5.89. The first-order chi connectivity index (χ1) is 11.5. The van der Waals surface area contributed by atoms with Crippen LogP contribution >= 0.6 is 0 Å². The van der Waals surface area contributed by atoms with Gasteiger partial charge in [-0.3, -0.25) is 14.5 Å². The van der Waals surface area contributed by atoms with Gasteiger partial charge in [0, 0.05) is 46.1 Å². The van der Waals surface area contributed by atoms with Crippen molar-refractivity contribution in [2.45, 2.75) is 37.8 Å². The number of likely N-dealkylation sites (tertiary alicyclic amines) is 2. The van der Waals surface area contributed by atoms with Crippen LogP contribution in [0.2, 0.25) is 0 Å². The Morgan fingerprint density at radius 3 is 2.75 bits per heavy atom. The second-order valence-electron chi connectivity index (χ2n) is 7.47. The molecule has 1 unspecified atom stereocenters. The molecule has 3 fully saturated rings. The van der Waals surface area contributed by atoms with E-state index in [2.05, 4.69) is 9.88 Å². The van der Waals surface area contributed by atoms with Crippen molar-refractivity contribution in [3.63, 3.8) is 0 Å². The average molecular weight is 332 g/mol. The Morgan fingerprint density at radius 2 is 2.08 bits per heavy atom. The van der Waals surface area contributed by atoms with Crippen molar-refractivity contribution in [2.24, 2.45) is 5.92 Å². The van der Waals surface area contributed by atoms with Gasteiger partial charge in [-0.05, 0) is 12.8 Å². The highest BCUT2D eigenvalue weighted by atomic mass is 16.4. The Labute approximate surface area is 141 Å². The molecule has 3 heterocycles. The van der Waals surface area contributed by atoms with Gasteiger partial charge in [0.25, 0.3) is 0 Å². The summed E-state index contributed by atoms with van der Waals surface area (Å²) >= 11 is 0. The van der Waals surface area contributed by atoms with Crippen LogP contribution in [0, 0.1) is 5.92 Å². The summed E-state index contributed by atoms with van der Waals surface area (Å²) < 4.78 is 5.79. The molecule has 1 aromatic heterocycles. The summed E-state index contributed by atoms with van der Waals surface area (Å²) in [5.41, 5.74) is 0. The molecule has 0 N–H and O–H groups in total. The van der Waals surface area contributed by atoms with Crippen molar-refractivity contribution in [2.75, 3.05) is 33.7 Å². The van der Waals surface area contributed by atoms with Crippen LogP contribution in [0.4, 0.5) is 0 Å². The number of hydrogen-bond donors (Lipinski definition) is 0. The Morgan fingerprint density at radius 1 is 1.33 bits per heavy atom. The van der Waals surface area contributed by atoms with Gasteiger partial charge in [0.2, 0.25) is 11.8 Å². The van der Waals surface area contributed by atoms with Crippen molar-refractivity contribution in [1.29, 1.82) is 0 Å². The summed E-state index contributed by atoms with van der Waals surface area (Å²) in [5, 5.41) is 0. The average Bonchev–Trinajstić information content (AvgIpc) is 3.14. The molecule has 0 aromatic carbocycles. The molecule has 0 spiro atoms. The van der Waals surface area contributed by atoms with E-state index in [9.17, 15) is 9.59 Å². The Balaban J connectivity index is 1.27. The van der Waals surface area contributed by atoms with Crippen LogP contribution in [-0.2, 0) is 16.1 Å². The van der Waals surface area contributed by atoms with Gasteiger partial charge in [-0.2, -0.15) is 0 Å². The van der Waals surface area contributed by atoms with Gasteiger partial charge in [0.1, 0.15) is 5.76 Å². The van der Waals surface area contributed by atoms with Crippen molar-refractivity contribution in [3.05, 3.63) is 17.8 Å². The Kier molecular flexibility index (Phi) is 3.83. The normalized spacial score (nSPS) is 25.2. The second-order valence-corrected chi connectivity index (χ2v) is 7.47. The minimum atomic E-state index is -0.183. The monoisotopic (exact) mass is 332 g/mol. The Hall–Kier alpha value is -1.89. The lowest BCUT2D eigenvalue weighted by atomic mass is 10.1. The van der Waals surface area contributed by atoms with Crippen LogP contribution in [0.3, 0.4) is 0 Å². The third-order valence-corrected chi connectivity index (χ3v) is 5.20. The van der Waals surface area contributed by atoms with Gasteiger partial charge in [0.15, 0.2) is 5.89 Å². The molecule has 24 heavy (non-hydrogen) atoms. The van der Waals surface area contributed by atoms with Crippen molar-refractivity contribution < 1.29 is 14.0 Å². The first-order valence-corrected chi connectivity index (χ1v) is 8.69. The molecule has 7 heteroatoms. The Bertz CT molecular complexity index is 646. The maximum atomic E-state index is 12.2. The number of nitrogens with zero attached hydrogens (tertiary/aromatic N) is 4. The lowest BCUT2D eigenvalue weighted by Crippen LogP contribution is -2.59. The molecule has 130 valence electrons. The highest BCUT2D eigenvalue weighted by Gasteiger charge is 2.42. The molecule has 2 amide bonds. The summed E-state index contributed by atoms with van der Waals surface area (Å²) in [4.78, 5) is 34.3. The molecule has 4 rings (SSSR count). The molecule has 1 saturated carbocycles. The standard InChI is InChI=1S/C17H24N4O3/c1-19(2)17(23)12-5-15(22)21(7-12)13-8-20(9-13)10-14-6-18-16(24-14)11-3-4-11/h6,11-13H,3-5,7-10H2,1-2H3. The van der Waals surface area contributed by atoms with Crippen molar-refractivity contribution in [3.8, 4) is 0 Å². The topological polar surface area (TPSA) is 69.9 Å². The van der Waals surface area contributed by atoms with E-state index >= 15 is 0 Å². The minimum Gasteiger partial charge on any atom is -0.444 e. The van der Waals surface area contributed by atoms with Crippen LogP contribution in [0.1, 0.15) is 36.8 Å². The van der Waals surface area contributed by atoms with Gasteiger partial charge in [0.05, 0.1) is 24.7 Å². The van der Waals surface area contributed by atoms with Crippen molar-refractivity contribution in [1.82, 2.24) is 19.7 Å². The molecule has 2 aliphatic heterocycles. The zero-order chi connectivity index (χ0) is 16.8. The van der Waals surface area contributed by atoms with E-state index in [4.69, 9.17) is 4.42 Å². The van der Waals surface area contributed by atoms with Crippen LogP contribution in [0.25, 0.3) is 0 Å². The predicted molar refractivity (Wildman–Crippen MR) is 86.1 cm³/mol. The number of aromatic nitrogens is 1. The fourth-order valence-electron chi connectivity index (χ4n) is 3.62. The molecule has 3 aliphatic rings. The molecule has 0 bridgehead atoms. The molecule has 1 atom stereocenters. The van der Waals surface area contributed by atoms with Crippen molar-refractivity contribution >= 4 is 11.8 Å². The molecule has 1 aromatic rings. The number of carbonyl (C=O) groups excluding carboxylic acids is 2. The number of carbonyl (C=O) groups is 2. The summed E-state index contributed by atoms with van der Waals surface area (Å²) in [6.07, 6.45) is 4.55. The fourth-order valence-corrected chi connectivity index (χ4v) is 3.62. The molecule has 2 saturated heterocycles. The first-order valence-electron chi connectivity index (χ1n) is 8.69. The van der Waals surface area contributed by atoms with Crippen LogP contribution in [0.15, 0.2) is 10.6 Å². The number of rotatable bonds is 5. The predicted octanol–water partition coefficient (Wildman–Crippen LogP) is 0.673. The summed E-state index contributed by atoms with van der Waals surface area (Å²) in [5.74, 6) is 2.30. The zero-order valence-corrected chi connectivity index (χ0v) is 14.3. The lowest BCUT2D eigenvalue weighted by molar-refractivity contribution is -0.134. The van der Waals surface area contributed by atoms with E-state index in [-0.39, 0.29) is 23.8 Å². The SMILES string of the molecule is CN(C)C(=O)C1CC(=O)N(C2CN(Cc3cnc(C4CC4)o3)C2)C1. The number of oxazole rings is 1. The summed E-state index contributed by atoms with van der Waals surface area (Å²) in [6, 6.07) is 0.225. The van der Waals surface area contributed by atoms with Crippen LogP contribution < -0.4 is 0 Å². The van der Waals surface area contributed by atoms with Gasteiger partial charge >= 0.3 is 0 Å². The smallest absolute Gasteiger partial charge is 0.227 e. The summed E-state index contributed by atoms with van der Waals surface area (Å²) in [7, 11) is 3.49. The van der Waals surface area contributed by atoms with Gasteiger partial charge in [-0.1, -0.05) is 0 Å². The third-order valence-electron chi connectivity index (χ3n) is 5.20. The first kappa shape index (κ1) is 15.6. The maximum absolute atomic E-state index is 12.2. The van der Waals surface area contributed by atoms with E-state index in [0.29, 0.717) is 18.9 Å². The molecule has 1 aliphatic carbocycles. The van der Waals surface area contributed by atoms with E-state index in [1.54, 1.807) is 19.0 Å². The number of hydrogen-bond acceptors (Lipinski definition) is 5. The highest BCUT2D eigenvalue weighted by Crippen LogP contribution is 2.39. The minimum absolute atomic E-state index is 0.0521. The molecule has 0 radical (unpaired) electrons. The zero-order valence-electron chi connectivity index (χ0n) is 14.3. The molecular weight excluding hydrogens is 308 g/mol. The van der Waals surface area contributed by atoms with Gasteiger partial charge in [-0.25, -0.2) is 4.98 Å². The van der Waals surface area contributed by atoms with E-state index in [0.717, 1.165) is 31.3 Å². The van der Waals surface area contributed by atoms with E-state index < -0.39 is 0 Å². The van der Waals surface area contributed by atoms with Gasteiger partial charge in [-0.15, -0.1) is 0 Å². The lowest BCUT2D eigenvalue weighted by Gasteiger charge is -2.43. The van der Waals surface area contributed by atoms with Crippen LogP contribution in [0.5, 0.6) is 0 Å². The quantitative estimate of drug-likeness (QED) is 0.793. The van der Waals surface area contributed by atoms with E-state index in [1.165, 1.54) is 12.8 Å². The summed E-state index contributed by atoms with van der Waals surface area (Å²) in [6.45, 7) is 2.99. The third kappa shape index (κ3) is 2.92. The van der Waals surface area contributed by atoms with Crippen LogP contribution in [-0.4, -0.2) is 71.3 Å². The second kappa shape index (κ2) is 5.88. The maximum Gasteiger partial charge on any atom is 0.227 e. The fraction of sp³-hybridized carbons (Fsp3) is 0.706.